The van der Waals surface area contributed by atoms with Crippen LogP contribution in [0, 0.1) is 33.8 Å². The zero-order chi connectivity index (χ0) is 58.1. The number of rotatable bonds is 32. The quantitative estimate of drug-likeness (QED) is 0.00740. The molecule has 1 heterocycles. The van der Waals surface area contributed by atoms with Crippen LogP contribution in [-0.4, -0.2) is 85.4 Å². The Bertz CT molecular complexity index is 2770. The van der Waals surface area contributed by atoms with Crippen molar-refractivity contribution in [3.8, 4) is 33.6 Å². The van der Waals surface area contributed by atoms with Gasteiger partial charge in [0.1, 0.15) is 28.0 Å². The van der Waals surface area contributed by atoms with Gasteiger partial charge in [0.15, 0.2) is 0 Å². The molecule has 18 nitrogen and oxygen atoms in total. The van der Waals surface area contributed by atoms with E-state index in [0.717, 1.165) is 79.3 Å². The van der Waals surface area contributed by atoms with E-state index in [1.165, 1.54) is 23.5 Å². The molecule has 0 amide bonds. The fourth-order valence-corrected chi connectivity index (χ4v) is 11.0. The van der Waals surface area contributed by atoms with Crippen LogP contribution in [0.5, 0.6) is 23.0 Å². The molecule has 0 bridgehead atoms. The molecule has 1 aromatic heterocycles. The molecule has 436 valence electrons. The number of fused-ring (bicyclic) bond motifs is 1. The van der Waals surface area contributed by atoms with Gasteiger partial charge in [-0.05, 0) is 175 Å². The summed E-state index contributed by atoms with van der Waals surface area (Å²) in [5.41, 5.74) is 3.12. The number of benzene rings is 4. The topological polar surface area (TPSA) is 232 Å². The van der Waals surface area contributed by atoms with Crippen LogP contribution in [0.15, 0.2) is 110 Å². The first-order valence-electron chi connectivity index (χ1n) is 28.3. The van der Waals surface area contributed by atoms with Crippen LogP contribution in [0.3, 0.4) is 0 Å². The zero-order valence-electron chi connectivity index (χ0n) is 46.3. The summed E-state index contributed by atoms with van der Waals surface area (Å²) in [6.07, 6.45) is 14.0. The van der Waals surface area contributed by atoms with Gasteiger partial charge in [0.25, 0.3) is 5.69 Å². The van der Waals surface area contributed by atoms with Crippen molar-refractivity contribution in [1.82, 2.24) is 4.98 Å². The predicted octanol–water partition coefficient (Wildman–Crippen LogP) is 12.2. The van der Waals surface area contributed by atoms with E-state index in [9.17, 15) is 38.9 Å². The summed E-state index contributed by atoms with van der Waals surface area (Å²) in [4.78, 5) is 91.0. The van der Waals surface area contributed by atoms with E-state index in [4.69, 9.17) is 42.9 Å². The highest BCUT2D eigenvalue weighted by Crippen LogP contribution is 2.37. The standard InChI is InChI=1S/C63H72N2O16S/c1-3-55(66)76-39-11-7-5-9-37-74-51-27-31-53(32-28-51)80-62(70)48-19-15-46(16-20-48)60(68)78-41-35-43-13-14-44(58-57(43)64-59(82-58)45-23-25-50(26-24-45)65(72)73)36-42-79-61(69)47-17-21-49(22-18-47)63(71)81-54-33-29-52(30-34-54)75-38-10-6-8-12-40-77-56(67)4-2/h3-4,13-14,23-34,46-49H,1-2,5-12,15-22,35-42H2. The molecule has 0 aliphatic heterocycles. The number of nitro benzene ring substituents is 1. The summed E-state index contributed by atoms with van der Waals surface area (Å²) in [5.74, 6) is -1.34. The lowest BCUT2D eigenvalue weighted by atomic mass is 9.82. The van der Waals surface area contributed by atoms with Crippen molar-refractivity contribution in [3.05, 3.63) is 131 Å². The van der Waals surface area contributed by atoms with E-state index >= 15 is 0 Å². The maximum absolute atomic E-state index is 13.3. The molecule has 2 aliphatic rings. The number of ether oxygens (including phenoxy) is 8. The van der Waals surface area contributed by atoms with Crippen molar-refractivity contribution < 1.29 is 71.6 Å². The summed E-state index contributed by atoms with van der Waals surface area (Å²) in [5, 5.41) is 12.0. The maximum atomic E-state index is 13.3. The largest absolute Gasteiger partial charge is 0.494 e. The van der Waals surface area contributed by atoms with Gasteiger partial charge in [-0.15, -0.1) is 11.3 Å². The first kappa shape index (κ1) is 61.7. The molecule has 2 aliphatic carbocycles. The minimum atomic E-state index is -0.456. The number of nitro groups is 1. The Labute approximate surface area is 481 Å². The summed E-state index contributed by atoms with van der Waals surface area (Å²) in [6.45, 7) is 8.80. The van der Waals surface area contributed by atoms with E-state index in [2.05, 4.69) is 13.2 Å². The molecule has 5 aromatic rings. The van der Waals surface area contributed by atoms with Crippen molar-refractivity contribution >= 4 is 63.1 Å². The first-order chi connectivity index (χ1) is 39.9. The minimum absolute atomic E-state index is 0.0378. The molecule has 0 spiro atoms. The molecule has 0 unspecified atom stereocenters. The Morgan fingerprint density at radius 1 is 0.488 bits per heavy atom. The lowest BCUT2D eigenvalue weighted by Gasteiger charge is -2.26. The number of hydrogen-bond donors (Lipinski definition) is 0. The Kier molecular flexibility index (Phi) is 24.4. The van der Waals surface area contributed by atoms with Crippen LogP contribution in [0.4, 0.5) is 5.69 Å². The second kappa shape index (κ2) is 32.5. The van der Waals surface area contributed by atoms with Crippen molar-refractivity contribution in [2.24, 2.45) is 23.7 Å². The Hall–Kier alpha value is -7.93. The van der Waals surface area contributed by atoms with Crippen LogP contribution in [0.2, 0.25) is 0 Å². The number of aromatic nitrogens is 1. The van der Waals surface area contributed by atoms with Crippen molar-refractivity contribution in [1.29, 1.82) is 0 Å². The van der Waals surface area contributed by atoms with Gasteiger partial charge in [-0.2, -0.15) is 0 Å². The number of non-ortho nitro benzene ring substituents is 1. The van der Waals surface area contributed by atoms with E-state index in [1.807, 2.05) is 12.1 Å². The van der Waals surface area contributed by atoms with Crippen molar-refractivity contribution in [2.75, 3.05) is 39.6 Å². The molecule has 0 N–H and O–H groups in total. The summed E-state index contributed by atoms with van der Waals surface area (Å²) in [7, 11) is 0. The third-order valence-corrected chi connectivity index (χ3v) is 15.8. The fourth-order valence-electron chi connectivity index (χ4n) is 9.81. The number of nitrogens with zero attached hydrogens (tertiary/aromatic N) is 2. The summed E-state index contributed by atoms with van der Waals surface area (Å²) < 4.78 is 45.5. The first-order valence-corrected chi connectivity index (χ1v) is 29.2. The van der Waals surface area contributed by atoms with Crippen molar-refractivity contribution in [3.63, 3.8) is 0 Å². The third-order valence-electron chi connectivity index (χ3n) is 14.6. The Balaban J connectivity index is 0.823. The van der Waals surface area contributed by atoms with Gasteiger partial charge in [-0.25, -0.2) is 14.6 Å². The van der Waals surface area contributed by atoms with Gasteiger partial charge in [0.2, 0.25) is 0 Å². The maximum Gasteiger partial charge on any atom is 0.330 e. The molecule has 19 heteroatoms. The molecule has 2 saturated carbocycles. The summed E-state index contributed by atoms with van der Waals surface area (Å²) >= 11 is 1.43. The van der Waals surface area contributed by atoms with E-state index in [0.29, 0.717) is 130 Å². The molecule has 0 saturated heterocycles. The van der Waals surface area contributed by atoms with Gasteiger partial charge < -0.3 is 37.9 Å². The number of hydrogen-bond acceptors (Lipinski definition) is 18. The highest BCUT2D eigenvalue weighted by atomic mass is 32.1. The van der Waals surface area contributed by atoms with Crippen LogP contribution in [0.25, 0.3) is 20.8 Å². The van der Waals surface area contributed by atoms with E-state index in [-0.39, 0.29) is 66.4 Å². The molecule has 4 aromatic carbocycles. The predicted molar refractivity (Wildman–Crippen MR) is 306 cm³/mol. The molecular formula is C63H72N2O16S. The number of carbonyl (C=O) groups is 6. The average Bonchev–Trinajstić information content (AvgIpc) is 4.20. The normalized spacial score (nSPS) is 16.7. The SMILES string of the molecule is C=CC(=O)OCCCCCCOc1ccc(OC(=O)C2CCC(C(=O)OCCc3ccc(CCOC(=O)C4CCC(C(=O)Oc5ccc(OCCCCCCOC(=O)C=C)cc5)CC4)c4sc(-c5ccc([N+](=O)[O-])cc5)nc34)CC2)cc1. The van der Waals surface area contributed by atoms with E-state index < -0.39 is 16.9 Å². The highest BCUT2D eigenvalue weighted by Gasteiger charge is 2.33. The highest BCUT2D eigenvalue weighted by molar-refractivity contribution is 7.21. The van der Waals surface area contributed by atoms with Crippen LogP contribution in [-0.2, 0) is 60.6 Å². The van der Waals surface area contributed by atoms with Gasteiger partial charge >= 0.3 is 35.8 Å². The lowest BCUT2D eigenvalue weighted by molar-refractivity contribution is -0.384. The van der Waals surface area contributed by atoms with Crippen LogP contribution in [0.1, 0.15) is 114 Å². The zero-order valence-corrected chi connectivity index (χ0v) is 47.1. The number of esters is 6. The fraction of sp³-hybridized carbons (Fsp3) is 0.444. The Morgan fingerprint density at radius 2 is 0.878 bits per heavy atom. The van der Waals surface area contributed by atoms with E-state index in [1.54, 1.807) is 60.7 Å². The van der Waals surface area contributed by atoms with Gasteiger partial charge in [0, 0.05) is 42.7 Å². The molecule has 7 rings (SSSR count). The average molecular weight is 1150 g/mol. The number of thiazole rings is 1. The van der Waals surface area contributed by atoms with Gasteiger partial charge in [-0.3, -0.25) is 29.3 Å². The molecule has 2 fully saturated rings. The van der Waals surface area contributed by atoms with Gasteiger partial charge in [0.05, 0.1) is 78.5 Å². The summed E-state index contributed by atoms with van der Waals surface area (Å²) in [6, 6.07) is 23.9. The number of unbranched alkanes of at least 4 members (excludes halogenated alkanes) is 6. The van der Waals surface area contributed by atoms with Crippen LogP contribution < -0.4 is 18.9 Å². The van der Waals surface area contributed by atoms with Gasteiger partial charge in [-0.1, -0.05) is 25.3 Å². The minimum Gasteiger partial charge on any atom is -0.494 e. The third kappa shape index (κ3) is 19.4. The van der Waals surface area contributed by atoms with Crippen LogP contribution >= 0.6 is 11.3 Å². The second-order valence-corrected chi connectivity index (χ2v) is 21.4. The lowest BCUT2D eigenvalue weighted by Crippen LogP contribution is -2.29. The molecule has 82 heavy (non-hydrogen) atoms. The monoisotopic (exact) mass is 1140 g/mol. The smallest absolute Gasteiger partial charge is 0.330 e. The van der Waals surface area contributed by atoms with Crippen molar-refractivity contribution in [2.45, 2.75) is 116 Å². The molecule has 0 radical (unpaired) electrons. The second-order valence-electron chi connectivity index (χ2n) is 20.4. The number of carbonyl (C=O) groups excluding carboxylic acids is 6. The Morgan fingerprint density at radius 3 is 1.30 bits per heavy atom. The molecule has 0 atom stereocenters. The molecular weight excluding hydrogens is 1070 g/mol.